The molecular formula is C16H16F3N5O2. The summed E-state index contributed by atoms with van der Waals surface area (Å²) in [6.07, 6.45) is 2.60. The van der Waals surface area contributed by atoms with Crippen LogP contribution in [-0.4, -0.2) is 33.6 Å². The van der Waals surface area contributed by atoms with Gasteiger partial charge < -0.3 is 15.7 Å². The van der Waals surface area contributed by atoms with E-state index in [0.29, 0.717) is 12.6 Å². The molecule has 0 spiro atoms. The van der Waals surface area contributed by atoms with E-state index in [2.05, 4.69) is 20.1 Å². The molecular weight excluding hydrogens is 351 g/mol. The molecule has 0 bridgehead atoms. The van der Waals surface area contributed by atoms with Gasteiger partial charge in [-0.25, -0.2) is 18.2 Å². The molecule has 26 heavy (non-hydrogen) atoms. The average Bonchev–Trinajstić information content (AvgIpc) is 2.62. The Morgan fingerprint density at radius 1 is 1.38 bits per heavy atom. The molecule has 0 aliphatic rings. The van der Waals surface area contributed by atoms with Crippen molar-refractivity contribution in [1.29, 1.82) is 0 Å². The van der Waals surface area contributed by atoms with Crippen molar-refractivity contribution in [1.82, 2.24) is 9.97 Å². The van der Waals surface area contributed by atoms with Gasteiger partial charge in [-0.2, -0.15) is 10.1 Å². The molecule has 0 aliphatic carbocycles. The third-order valence-electron chi connectivity index (χ3n) is 3.15. The molecule has 1 aromatic heterocycles. The number of nitrogens with two attached hydrogens (primary N) is 1. The number of aliphatic hydroxyl groups excluding tert-OH is 1. The van der Waals surface area contributed by atoms with Gasteiger partial charge in [-0.3, -0.25) is 4.99 Å². The van der Waals surface area contributed by atoms with Gasteiger partial charge in [-0.15, -0.1) is 0 Å². The SMILES string of the molecule is CC(F)(F)c1cc(N=CC(COc2nccc(CO)n2)=NN)ccc1F. The van der Waals surface area contributed by atoms with Crippen LogP contribution in [0.25, 0.3) is 0 Å². The highest BCUT2D eigenvalue weighted by molar-refractivity contribution is 6.31. The number of alkyl halides is 2. The lowest BCUT2D eigenvalue weighted by atomic mass is 10.1. The van der Waals surface area contributed by atoms with E-state index in [1.54, 1.807) is 0 Å². The van der Waals surface area contributed by atoms with Gasteiger partial charge in [0.25, 0.3) is 5.92 Å². The average molecular weight is 367 g/mol. The zero-order chi connectivity index (χ0) is 19.2. The minimum Gasteiger partial charge on any atom is -0.457 e. The molecule has 1 aromatic carbocycles. The van der Waals surface area contributed by atoms with Crippen molar-refractivity contribution >= 4 is 17.6 Å². The summed E-state index contributed by atoms with van der Waals surface area (Å²) in [5.74, 6) is 0.882. The van der Waals surface area contributed by atoms with E-state index in [9.17, 15) is 13.2 Å². The molecule has 0 saturated heterocycles. The molecule has 1 heterocycles. The maximum absolute atomic E-state index is 13.5. The minimum atomic E-state index is -3.33. The number of halogens is 3. The second kappa shape index (κ2) is 8.39. The molecule has 0 amide bonds. The van der Waals surface area contributed by atoms with Crippen molar-refractivity contribution in [3.05, 3.63) is 47.5 Å². The Labute approximate surface area is 147 Å². The molecule has 0 aliphatic heterocycles. The highest BCUT2D eigenvalue weighted by Gasteiger charge is 2.28. The predicted octanol–water partition coefficient (Wildman–Crippen LogP) is 2.32. The monoisotopic (exact) mass is 367 g/mol. The van der Waals surface area contributed by atoms with Crippen molar-refractivity contribution in [2.24, 2.45) is 15.9 Å². The van der Waals surface area contributed by atoms with E-state index >= 15 is 0 Å². The van der Waals surface area contributed by atoms with Gasteiger partial charge in [0.1, 0.15) is 18.1 Å². The molecule has 7 nitrogen and oxygen atoms in total. The third kappa shape index (κ3) is 5.24. The van der Waals surface area contributed by atoms with Crippen LogP contribution in [0.1, 0.15) is 18.2 Å². The quantitative estimate of drug-likeness (QED) is 0.444. The summed E-state index contributed by atoms with van der Waals surface area (Å²) in [6.45, 7) is 0.181. The van der Waals surface area contributed by atoms with Gasteiger partial charge in [-0.05, 0) is 24.3 Å². The van der Waals surface area contributed by atoms with E-state index in [0.717, 1.165) is 12.1 Å². The van der Waals surface area contributed by atoms with Crippen LogP contribution >= 0.6 is 0 Å². The lowest BCUT2D eigenvalue weighted by molar-refractivity contribution is 0.0138. The minimum absolute atomic E-state index is 0.000735. The Hall–Kier alpha value is -3.01. The van der Waals surface area contributed by atoms with E-state index in [4.69, 9.17) is 15.7 Å². The van der Waals surface area contributed by atoms with Gasteiger partial charge >= 0.3 is 6.01 Å². The molecule has 0 unspecified atom stereocenters. The zero-order valence-corrected chi connectivity index (χ0v) is 13.7. The number of rotatable bonds is 7. The molecule has 2 aromatic rings. The summed E-state index contributed by atoms with van der Waals surface area (Å²) in [5, 5.41) is 12.5. The second-order valence-electron chi connectivity index (χ2n) is 5.21. The first-order valence-corrected chi connectivity index (χ1v) is 7.37. The van der Waals surface area contributed by atoms with Crippen LogP contribution < -0.4 is 10.6 Å². The Morgan fingerprint density at radius 3 is 2.81 bits per heavy atom. The number of aliphatic imine (C=N–C) groups is 1. The summed E-state index contributed by atoms with van der Waals surface area (Å²) < 4.78 is 45.4. The lowest BCUT2D eigenvalue weighted by Crippen LogP contribution is -2.16. The number of hydrogen-bond donors (Lipinski definition) is 2. The fourth-order valence-electron chi connectivity index (χ4n) is 1.86. The molecule has 0 fully saturated rings. The van der Waals surface area contributed by atoms with Crippen LogP contribution in [0.15, 0.2) is 40.6 Å². The number of hydrogen-bond acceptors (Lipinski definition) is 7. The van der Waals surface area contributed by atoms with Gasteiger partial charge in [0, 0.05) is 13.1 Å². The molecule has 0 atom stereocenters. The van der Waals surface area contributed by atoms with Crippen molar-refractivity contribution in [3.8, 4) is 6.01 Å². The fraction of sp³-hybridized carbons (Fsp3) is 0.250. The molecule has 2 rings (SSSR count). The fourth-order valence-corrected chi connectivity index (χ4v) is 1.86. The largest absolute Gasteiger partial charge is 0.457 e. The van der Waals surface area contributed by atoms with E-state index in [1.165, 1.54) is 24.5 Å². The first-order chi connectivity index (χ1) is 12.3. The number of nitrogens with zero attached hydrogens (tertiary/aromatic N) is 4. The van der Waals surface area contributed by atoms with Crippen LogP contribution in [0.2, 0.25) is 0 Å². The van der Waals surface area contributed by atoms with Gasteiger partial charge in [0.2, 0.25) is 0 Å². The van der Waals surface area contributed by atoms with Gasteiger partial charge in [-0.1, -0.05) is 0 Å². The predicted molar refractivity (Wildman–Crippen MR) is 89.2 cm³/mol. The maximum atomic E-state index is 13.5. The standard InChI is InChI=1S/C16H16F3N5O2/c1-16(18,19)13-6-10(2-3-14(13)17)22-7-12(24-20)9-26-15-21-5-4-11(8-25)23-15/h2-7,25H,8-9,20H2,1H3. The normalized spacial score (nSPS) is 12.6. The van der Waals surface area contributed by atoms with Crippen LogP contribution in [-0.2, 0) is 12.5 Å². The molecule has 0 radical (unpaired) electrons. The Morgan fingerprint density at radius 2 is 2.15 bits per heavy atom. The molecule has 0 saturated carbocycles. The highest BCUT2D eigenvalue weighted by Crippen LogP contribution is 2.31. The van der Waals surface area contributed by atoms with Crippen LogP contribution in [0.5, 0.6) is 6.01 Å². The number of aromatic nitrogens is 2. The summed E-state index contributed by atoms with van der Waals surface area (Å²) in [7, 11) is 0. The summed E-state index contributed by atoms with van der Waals surface area (Å²) in [6, 6.07) is 4.60. The molecule has 138 valence electrons. The number of ether oxygens (including phenoxy) is 1. The third-order valence-corrected chi connectivity index (χ3v) is 3.15. The lowest BCUT2D eigenvalue weighted by Gasteiger charge is -2.11. The number of benzene rings is 1. The Bertz CT molecular complexity index is 822. The number of aliphatic hydroxyl groups is 1. The second-order valence-corrected chi connectivity index (χ2v) is 5.21. The topological polar surface area (TPSA) is 106 Å². The summed E-state index contributed by atoms with van der Waals surface area (Å²) >= 11 is 0. The van der Waals surface area contributed by atoms with Crippen LogP contribution in [0.3, 0.4) is 0 Å². The molecule has 3 N–H and O–H groups in total. The van der Waals surface area contributed by atoms with Crippen LogP contribution in [0.4, 0.5) is 18.9 Å². The first kappa shape index (κ1) is 19.3. The van der Waals surface area contributed by atoms with Crippen molar-refractivity contribution < 1.29 is 23.0 Å². The van der Waals surface area contributed by atoms with E-state index in [-0.39, 0.29) is 30.6 Å². The summed E-state index contributed by atoms with van der Waals surface area (Å²) in [4.78, 5) is 11.7. The molecule has 10 heteroatoms. The Kier molecular flexibility index (Phi) is 6.23. The van der Waals surface area contributed by atoms with E-state index < -0.39 is 17.3 Å². The van der Waals surface area contributed by atoms with Crippen molar-refractivity contribution in [2.75, 3.05) is 6.61 Å². The van der Waals surface area contributed by atoms with Crippen LogP contribution in [0, 0.1) is 5.82 Å². The maximum Gasteiger partial charge on any atom is 0.317 e. The highest BCUT2D eigenvalue weighted by atomic mass is 19.3. The van der Waals surface area contributed by atoms with Crippen molar-refractivity contribution in [2.45, 2.75) is 19.5 Å². The summed E-state index contributed by atoms with van der Waals surface area (Å²) in [5.41, 5.74) is -0.127. The van der Waals surface area contributed by atoms with Gasteiger partial charge in [0.05, 0.1) is 29.8 Å². The van der Waals surface area contributed by atoms with E-state index in [1.807, 2.05) is 0 Å². The van der Waals surface area contributed by atoms with Gasteiger partial charge in [0.15, 0.2) is 0 Å². The zero-order valence-electron chi connectivity index (χ0n) is 13.7. The Balaban J connectivity index is 2.08. The number of hydrazone groups is 1. The van der Waals surface area contributed by atoms with Crippen molar-refractivity contribution in [3.63, 3.8) is 0 Å². The smallest absolute Gasteiger partial charge is 0.317 e. The first-order valence-electron chi connectivity index (χ1n) is 7.37.